The van der Waals surface area contributed by atoms with Crippen LogP contribution in [0.15, 0.2) is 206 Å². The lowest BCUT2D eigenvalue weighted by Crippen LogP contribution is -2.06. The minimum Gasteiger partial charge on any atom is -0.309 e. The second kappa shape index (κ2) is 18.3. The first-order chi connectivity index (χ1) is 37.0. The number of aromatic nitrogens is 2. The highest BCUT2D eigenvalue weighted by Gasteiger charge is 2.31. The highest BCUT2D eigenvalue weighted by molar-refractivity contribution is 6.14. The van der Waals surface area contributed by atoms with Gasteiger partial charge in [0.05, 0.1) is 91.1 Å². The Balaban J connectivity index is 1.14. The number of halogens is 3. The average molecular weight is 982 g/mol. The summed E-state index contributed by atoms with van der Waals surface area (Å²) in [5, 5.41) is 52.9. The SMILES string of the molecule is N#Cc1ccc(-c2ccc3c(c2)c2cc(-c4ccc(C#N)cc4)ccc2n3-c2cc(-c3cccc(C(F)(F)F)c3)c(-n3c4ccc(-c5ccc(C#N)cc5)cc4c4cc(-c5ccc(C#N)cc5)ccc43)cc2C#N)cc1. The van der Waals surface area contributed by atoms with Gasteiger partial charge in [-0.05, 0) is 171 Å². The molecule has 0 aliphatic heterocycles. The number of nitriles is 5. The Morgan fingerprint density at radius 2 is 0.632 bits per heavy atom. The summed E-state index contributed by atoms with van der Waals surface area (Å²) in [5.41, 5.74) is 13.2. The quantitative estimate of drug-likeness (QED) is 0.157. The van der Waals surface area contributed by atoms with Gasteiger partial charge >= 0.3 is 6.18 Å². The molecule has 354 valence electrons. The number of nitrogens with zero attached hydrogens (tertiary/aromatic N) is 7. The van der Waals surface area contributed by atoms with Crippen LogP contribution in [0.3, 0.4) is 0 Å². The minimum absolute atomic E-state index is 0.260. The van der Waals surface area contributed by atoms with Crippen molar-refractivity contribution in [1.29, 1.82) is 26.3 Å². The third-order valence-electron chi connectivity index (χ3n) is 14.1. The van der Waals surface area contributed by atoms with Gasteiger partial charge < -0.3 is 9.13 Å². The molecule has 0 saturated carbocycles. The first kappa shape index (κ1) is 46.1. The zero-order chi connectivity index (χ0) is 52.2. The third-order valence-corrected chi connectivity index (χ3v) is 14.1. The van der Waals surface area contributed by atoms with Gasteiger partial charge in [0.15, 0.2) is 0 Å². The van der Waals surface area contributed by atoms with Crippen molar-refractivity contribution in [2.24, 2.45) is 0 Å². The molecule has 0 fully saturated rings. The first-order valence-corrected chi connectivity index (χ1v) is 24.0. The van der Waals surface area contributed by atoms with Crippen LogP contribution < -0.4 is 0 Å². The Bertz CT molecular complexity index is 4360. The summed E-state index contributed by atoms with van der Waals surface area (Å²) in [6, 6.07) is 73.4. The van der Waals surface area contributed by atoms with Gasteiger partial charge in [-0.3, -0.25) is 0 Å². The van der Waals surface area contributed by atoms with E-state index in [2.05, 4.69) is 54.6 Å². The van der Waals surface area contributed by atoms with Gasteiger partial charge in [-0.25, -0.2) is 0 Å². The second-order valence-electron chi connectivity index (χ2n) is 18.4. The molecule has 2 heterocycles. The van der Waals surface area contributed by atoms with Gasteiger partial charge in [0.1, 0.15) is 6.07 Å². The smallest absolute Gasteiger partial charge is 0.309 e. The highest BCUT2D eigenvalue weighted by Crippen LogP contribution is 2.44. The lowest BCUT2D eigenvalue weighted by Gasteiger charge is -2.19. The standard InChI is InChI=1S/C66H34F3N7/c67-66(68,69)54-3-1-2-52(28-54)55-34-64(75-60-24-20-48(44-12-4-40(35-70)5-13-44)29-56(60)57-30-49(21-25-61(57)75)45-14-6-41(36-71)7-15-45)53(39-74)33-65(55)76-62-26-22-50(46-16-8-42(37-72)9-17-46)31-58(62)59-32-51(23-27-63(59)76)47-18-10-43(38-73)11-19-47/h1-34H. The molecule has 0 amide bonds. The molecular formula is C66H34F3N7. The molecule has 0 bridgehead atoms. The summed E-state index contributed by atoms with van der Waals surface area (Å²) >= 11 is 0. The van der Waals surface area contributed by atoms with Gasteiger partial charge in [-0.2, -0.15) is 39.5 Å². The van der Waals surface area contributed by atoms with Crippen LogP contribution in [-0.2, 0) is 6.18 Å². The van der Waals surface area contributed by atoms with Crippen molar-refractivity contribution < 1.29 is 13.2 Å². The zero-order valence-electron chi connectivity index (χ0n) is 39.9. The van der Waals surface area contributed by atoms with Crippen LogP contribution in [-0.4, -0.2) is 9.13 Å². The van der Waals surface area contributed by atoms with Gasteiger partial charge in [-0.1, -0.05) is 84.9 Å². The lowest BCUT2D eigenvalue weighted by molar-refractivity contribution is -0.137. The van der Waals surface area contributed by atoms with Crippen LogP contribution in [0.5, 0.6) is 0 Å². The molecule has 12 rings (SSSR count). The molecule has 0 aliphatic carbocycles. The van der Waals surface area contributed by atoms with Crippen LogP contribution in [0.4, 0.5) is 13.2 Å². The van der Waals surface area contributed by atoms with Crippen molar-refractivity contribution in [3.63, 3.8) is 0 Å². The minimum atomic E-state index is -4.66. The molecule has 12 aromatic rings. The fourth-order valence-electron chi connectivity index (χ4n) is 10.4. The number of benzene rings is 10. The van der Waals surface area contributed by atoms with E-state index in [4.69, 9.17) is 0 Å². The Morgan fingerprint density at radius 1 is 0.303 bits per heavy atom. The van der Waals surface area contributed by atoms with E-state index >= 15 is 0 Å². The van der Waals surface area contributed by atoms with Gasteiger partial charge in [-0.15, -0.1) is 0 Å². The van der Waals surface area contributed by atoms with E-state index in [1.165, 1.54) is 6.07 Å². The molecule has 76 heavy (non-hydrogen) atoms. The molecule has 0 radical (unpaired) electrons. The Hall–Kier alpha value is -11.0. The fourth-order valence-corrected chi connectivity index (χ4v) is 10.4. The lowest BCUT2D eigenvalue weighted by atomic mass is 9.97. The Labute approximate surface area is 433 Å². The molecule has 0 aliphatic rings. The molecule has 7 nitrogen and oxygen atoms in total. The Morgan fingerprint density at radius 3 is 0.947 bits per heavy atom. The molecule has 0 unspecified atom stereocenters. The highest BCUT2D eigenvalue weighted by atomic mass is 19.4. The number of hydrogen-bond donors (Lipinski definition) is 0. The molecular weight excluding hydrogens is 948 g/mol. The van der Waals surface area contributed by atoms with E-state index < -0.39 is 11.7 Å². The third kappa shape index (κ3) is 7.92. The molecule has 0 atom stereocenters. The summed E-state index contributed by atoms with van der Waals surface area (Å²) in [5.74, 6) is 0. The molecule has 0 saturated heterocycles. The van der Waals surface area contributed by atoms with Crippen LogP contribution in [0, 0.1) is 56.7 Å². The Kier molecular flexibility index (Phi) is 11.1. The van der Waals surface area contributed by atoms with Crippen molar-refractivity contribution in [3.05, 3.63) is 240 Å². The molecule has 0 N–H and O–H groups in total. The summed E-state index contributed by atoms with van der Waals surface area (Å²) < 4.78 is 48.3. The van der Waals surface area contributed by atoms with Crippen molar-refractivity contribution >= 4 is 43.6 Å². The summed E-state index contributed by atoms with van der Waals surface area (Å²) in [6.07, 6.45) is -4.66. The number of hydrogen-bond acceptors (Lipinski definition) is 5. The maximum atomic E-state index is 14.8. The van der Waals surface area contributed by atoms with Gasteiger partial charge in [0.25, 0.3) is 0 Å². The van der Waals surface area contributed by atoms with E-state index in [0.29, 0.717) is 39.2 Å². The normalized spacial score (nSPS) is 11.3. The molecule has 0 spiro atoms. The van der Waals surface area contributed by atoms with Crippen LogP contribution in [0.2, 0.25) is 0 Å². The second-order valence-corrected chi connectivity index (χ2v) is 18.4. The van der Waals surface area contributed by atoms with Gasteiger partial charge in [0, 0.05) is 27.1 Å². The predicted octanol–water partition coefficient (Wildman–Crippen LogP) is 16.6. The molecule has 10 aromatic carbocycles. The van der Waals surface area contributed by atoms with Crippen molar-refractivity contribution in [2.45, 2.75) is 6.18 Å². The van der Waals surface area contributed by atoms with Crippen LogP contribution in [0.1, 0.15) is 33.4 Å². The number of fused-ring (bicyclic) bond motifs is 6. The van der Waals surface area contributed by atoms with E-state index in [0.717, 1.165) is 100 Å². The zero-order valence-corrected chi connectivity index (χ0v) is 39.9. The average Bonchev–Trinajstić information content (AvgIpc) is 4.16. The topological polar surface area (TPSA) is 129 Å². The van der Waals surface area contributed by atoms with Gasteiger partial charge in [0.2, 0.25) is 0 Å². The van der Waals surface area contributed by atoms with E-state index in [-0.39, 0.29) is 11.1 Å². The fraction of sp³-hybridized carbons (Fsp3) is 0.0152. The van der Waals surface area contributed by atoms with E-state index in [9.17, 15) is 39.5 Å². The van der Waals surface area contributed by atoms with Crippen molar-refractivity contribution in [1.82, 2.24) is 9.13 Å². The maximum Gasteiger partial charge on any atom is 0.416 e. The largest absolute Gasteiger partial charge is 0.416 e. The van der Waals surface area contributed by atoms with Crippen LogP contribution in [0.25, 0.3) is 111 Å². The molecule has 10 heteroatoms. The first-order valence-electron chi connectivity index (χ1n) is 24.0. The number of rotatable bonds is 7. The summed E-state index contributed by atoms with van der Waals surface area (Å²) in [6.45, 7) is 0. The van der Waals surface area contributed by atoms with E-state index in [1.807, 2.05) is 112 Å². The monoisotopic (exact) mass is 981 g/mol. The van der Waals surface area contributed by atoms with Crippen LogP contribution >= 0.6 is 0 Å². The summed E-state index contributed by atoms with van der Waals surface area (Å²) in [7, 11) is 0. The molecule has 2 aromatic heterocycles. The summed E-state index contributed by atoms with van der Waals surface area (Å²) in [4.78, 5) is 0. The van der Waals surface area contributed by atoms with Crippen molar-refractivity contribution in [3.8, 4) is 97.4 Å². The van der Waals surface area contributed by atoms with Crippen molar-refractivity contribution in [2.75, 3.05) is 0 Å². The van der Waals surface area contributed by atoms with E-state index in [1.54, 1.807) is 60.7 Å². The maximum absolute atomic E-state index is 14.8. The number of alkyl halides is 3. The predicted molar refractivity (Wildman–Crippen MR) is 291 cm³/mol.